The number of carbonyl (C=O) groups excluding carboxylic acids is 1. The van der Waals surface area contributed by atoms with E-state index in [1.807, 2.05) is 12.1 Å². The molecule has 0 saturated carbocycles. The van der Waals surface area contributed by atoms with Gasteiger partial charge < -0.3 is 24.8 Å². The van der Waals surface area contributed by atoms with Crippen LogP contribution in [0.4, 0.5) is 0 Å². The Morgan fingerprint density at radius 2 is 1.79 bits per heavy atom. The van der Waals surface area contributed by atoms with Crippen molar-refractivity contribution in [2.75, 3.05) is 65.6 Å². The Morgan fingerprint density at radius 3 is 2.46 bits per heavy atom. The number of halogens is 1. The zero-order chi connectivity index (χ0) is 20.0. The number of carbonyl (C=O) groups is 1. The largest absolute Gasteiger partial charge is 0.370 e. The molecule has 0 aliphatic carbocycles. The lowest BCUT2D eigenvalue weighted by Crippen LogP contribution is -3.28. The predicted molar refractivity (Wildman–Crippen MR) is 110 cm³/mol. The molecule has 0 atom stereocenters. The van der Waals surface area contributed by atoms with Crippen molar-refractivity contribution in [1.82, 2.24) is 5.32 Å². The maximum absolute atomic E-state index is 12.5. The number of ether oxygens (including phenoxy) is 1. The number of morpholine rings is 1. The molecule has 3 rings (SSSR count). The van der Waals surface area contributed by atoms with E-state index in [0.29, 0.717) is 6.54 Å². The van der Waals surface area contributed by atoms with Crippen molar-refractivity contribution in [2.24, 2.45) is 0 Å². The Kier molecular flexibility index (Phi) is 7.71. The summed E-state index contributed by atoms with van der Waals surface area (Å²) >= 11 is 6.09. The lowest BCUT2D eigenvalue weighted by molar-refractivity contribution is -1.02. The fourth-order valence-electron chi connectivity index (χ4n) is 4.27. The van der Waals surface area contributed by atoms with Crippen LogP contribution in [0.5, 0.6) is 0 Å². The van der Waals surface area contributed by atoms with Crippen molar-refractivity contribution in [3.63, 3.8) is 0 Å². The monoisotopic (exact) mass is 411 g/mol. The number of nitrogens with one attached hydrogen (secondary N) is 4. The predicted octanol–water partition coefficient (Wildman–Crippen LogP) is -2.57. The fraction of sp³-hybridized carbons (Fsp3) is 0.667. The van der Waals surface area contributed by atoms with Crippen molar-refractivity contribution in [3.8, 4) is 0 Å². The van der Waals surface area contributed by atoms with Gasteiger partial charge in [-0.25, -0.2) is 0 Å². The van der Waals surface area contributed by atoms with Gasteiger partial charge in [0.05, 0.1) is 19.8 Å². The first-order chi connectivity index (χ1) is 13.4. The summed E-state index contributed by atoms with van der Waals surface area (Å²) in [5.74, 6) is 0.175. The molecule has 0 spiro atoms. The van der Waals surface area contributed by atoms with Gasteiger partial charge in [-0.05, 0) is 26.0 Å². The highest BCUT2D eigenvalue weighted by atomic mass is 35.5. The third-order valence-electron chi connectivity index (χ3n) is 6.20. The molecule has 0 unspecified atom stereocenters. The number of piperazine rings is 1. The lowest BCUT2D eigenvalue weighted by atomic mass is 10.0. The zero-order valence-electron chi connectivity index (χ0n) is 17.3. The second-order valence-corrected chi connectivity index (χ2v) is 9.30. The van der Waals surface area contributed by atoms with Crippen LogP contribution in [-0.4, -0.2) is 77.0 Å². The fourth-order valence-corrected chi connectivity index (χ4v) is 4.49. The molecule has 2 heterocycles. The molecule has 0 aromatic heterocycles. The molecule has 28 heavy (non-hydrogen) atoms. The first-order valence-electron chi connectivity index (χ1n) is 10.5. The minimum absolute atomic E-state index is 0.0502. The van der Waals surface area contributed by atoms with Crippen LogP contribution in [0.1, 0.15) is 19.4 Å². The third-order valence-corrected chi connectivity index (χ3v) is 6.43. The van der Waals surface area contributed by atoms with Gasteiger partial charge in [0.1, 0.15) is 51.4 Å². The van der Waals surface area contributed by atoms with Gasteiger partial charge in [0.2, 0.25) is 0 Å². The number of rotatable bonds is 7. The topological polar surface area (TPSA) is 51.6 Å². The van der Waals surface area contributed by atoms with Gasteiger partial charge >= 0.3 is 0 Å². The van der Waals surface area contributed by atoms with Gasteiger partial charge in [-0.2, -0.15) is 0 Å². The van der Waals surface area contributed by atoms with E-state index < -0.39 is 0 Å². The molecule has 1 aromatic carbocycles. The maximum Gasteiger partial charge on any atom is 0.275 e. The molecule has 6 nitrogen and oxygen atoms in total. The average molecular weight is 412 g/mol. The van der Waals surface area contributed by atoms with Crippen LogP contribution in [0.25, 0.3) is 0 Å². The van der Waals surface area contributed by atoms with Gasteiger partial charge in [0.15, 0.2) is 6.54 Å². The van der Waals surface area contributed by atoms with E-state index in [0.717, 1.165) is 70.6 Å². The first kappa shape index (κ1) is 21.5. The summed E-state index contributed by atoms with van der Waals surface area (Å²) in [4.78, 5) is 16.9. The molecule has 4 N–H and O–H groups in total. The molecule has 2 aliphatic heterocycles. The summed E-state index contributed by atoms with van der Waals surface area (Å²) in [6.07, 6.45) is 0. The first-order valence-corrected chi connectivity index (χ1v) is 10.9. The van der Waals surface area contributed by atoms with Gasteiger partial charge in [-0.3, -0.25) is 4.79 Å². The van der Waals surface area contributed by atoms with Crippen molar-refractivity contribution >= 4 is 17.5 Å². The van der Waals surface area contributed by atoms with Gasteiger partial charge in [-0.1, -0.05) is 23.7 Å². The van der Waals surface area contributed by atoms with Crippen LogP contribution in [0.3, 0.4) is 0 Å². The molecule has 7 heteroatoms. The van der Waals surface area contributed by atoms with E-state index in [-0.39, 0.29) is 11.4 Å². The van der Waals surface area contributed by atoms with Crippen LogP contribution in [0.2, 0.25) is 5.02 Å². The molecule has 2 aliphatic rings. The van der Waals surface area contributed by atoms with Gasteiger partial charge in [0.25, 0.3) is 5.91 Å². The third kappa shape index (κ3) is 6.42. The average Bonchev–Trinajstić information content (AvgIpc) is 2.69. The number of hydrogen-bond donors (Lipinski definition) is 4. The van der Waals surface area contributed by atoms with E-state index in [1.54, 1.807) is 4.90 Å². The van der Waals surface area contributed by atoms with Crippen LogP contribution in [0, 0.1) is 0 Å². The van der Waals surface area contributed by atoms with E-state index in [4.69, 9.17) is 16.3 Å². The quantitative estimate of drug-likeness (QED) is 0.399. The Balaban J connectivity index is 1.36. The van der Waals surface area contributed by atoms with Crippen LogP contribution >= 0.6 is 11.6 Å². The molecule has 1 aromatic rings. The summed E-state index contributed by atoms with van der Waals surface area (Å²) in [6.45, 7) is 14.7. The maximum atomic E-state index is 12.5. The second-order valence-electron chi connectivity index (χ2n) is 8.86. The highest BCUT2D eigenvalue weighted by Gasteiger charge is 2.33. The molecule has 156 valence electrons. The van der Waals surface area contributed by atoms with Crippen molar-refractivity contribution in [3.05, 3.63) is 34.9 Å². The number of hydrogen-bond acceptors (Lipinski definition) is 2. The number of quaternary nitrogens is 3. The van der Waals surface area contributed by atoms with Crippen LogP contribution in [0.15, 0.2) is 24.3 Å². The SMILES string of the molecule is CC(C)(CNC(=O)C[NH+]1CC[NH+](Cc2cccc(Cl)c2)CC1)[NH+]1CCOCC1. The van der Waals surface area contributed by atoms with E-state index in [9.17, 15) is 4.79 Å². The summed E-state index contributed by atoms with van der Waals surface area (Å²) in [6, 6.07) is 8.13. The normalized spacial score (nSPS) is 24.1. The Labute approximate surface area is 173 Å². The standard InChI is InChI=1S/C21H33ClN4O2/c1-21(2,26-10-12-28-13-11-26)17-23-20(27)16-25-8-6-24(7-9-25)15-18-4-3-5-19(22)14-18/h3-5,14H,6-13,15-17H2,1-2H3,(H,23,27)/p+3. The van der Waals surface area contributed by atoms with Crippen molar-refractivity contribution in [1.29, 1.82) is 0 Å². The van der Waals surface area contributed by atoms with E-state index in [2.05, 4.69) is 31.3 Å². The number of amides is 1. The van der Waals surface area contributed by atoms with Crippen LogP contribution < -0.4 is 20.0 Å². The molecule has 2 fully saturated rings. The molecule has 1 amide bonds. The minimum Gasteiger partial charge on any atom is -0.370 e. The summed E-state index contributed by atoms with van der Waals surface area (Å²) in [5, 5.41) is 3.99. The number of benzene rings is 1. The molecular formula is C21H36ClN4O2+3. The molecule has 0 bridgehead atoms. The Bertz CT molecular complexity index is 641. The highest BCUT2D eigenvalue weighted by Crippen LogP contribution is 2.09. The van der Waals surface area contributed by atoms with E-state index >= 15 is 0 Å². The molecular weight excluding hydrogens is 376 g/mol. The van der Waals surface area contributed by atoms with E-state index in [1.165, 1.54) is 15.4 Å². The summed E-state index contributed by atoms with van der Waals surface area (Å²) < 4.78 is 5.45. The lowest BCUT2D eigenvalue weighted by Gasteiger charge is -2.37. The Hall–Kier alpha value is -1.18. The second kappa shape index (κ2) is 10.0. The Morgan fingerprint density at radius 1 is 1.11 bits per heavy atom. The zero-order valence-corrected chi connectivity index (χ0v) is 18.0. The van der Waals surface area contributed by atoms with Gasteiger partial charge in [-0.15, -0.1) is 0 Å². The smallest absolute Gasteiger partial charge is 0.275 e. The van der Waals surface area contributed by atoms with Crippen molar-refractivity contribution in [2.45, 2.75) is 25.9 Å². The van der Waals surface area contributed by atoms with Crippen LogP contribution in [-0.2, 0) is 16.1 Å². The molecule has 2 saturated heterocycles. The van der Waals surface area contributed by atoms with Gasteiger partial charge in [0, 0.05) is 10.6 Å². The molecule has 0 radical (unpaired) electrons. The minimum atomic E-state index is 0.0502. The summed E-state index contributed by atoms with van der Waals surface area (Å²) in [5.41, 5.74) is 1.34. The highest BCUT2D eigenvalue weighted by molar-refractivity contribution is 6.30. The van der Waals surface area contributed by atoms with Crippen molar-refractivity contribution < 1.29 is 24.2 Å². The summed E-state index contributed by atoms with van der Waals surface area (Å²) in [7, 11) is 0.